The number of aryl methyl sites for hydroxylation is 2. The van der Waals surface area contributed by atoms with Gasteiger partial charge in [-0.15, -0.1) is 0 Å². The van der Waals surface area contributed by atoms with E-state index in [1.807, 2.05) is 0 Å². The van der Waals surface area contributed by atoms with E-state index in [9.17, 15) is 0 Å². The molecule has 0 bridgehead atoms. The van der Waals surface area contributed by atoms with Crippen LogP contribution in [-0.2, 0) is 13.0 Å². The maximum atomic E-state index is 4.89. The number of para-hydroxylation sites is 2. The third-order valence-corrected chi connectivity index (χ3v) is 4.47. The molecule has 0 aliphatic carbocycles. The minimum absolute atomic E-state index is 1.13. The van der Waals surface area contributed by atoms with Gasteiger partial charge in [-0.1, -0.05) is 70.9 Å². The standard InChI is InChI=1S/C20H32N2/c1-3-5-7-9-13-17-22-19-15-12-11-14-18(19)21-20(22)16-10-8-6-4-2/h11-12,14-15H,3-10,13,16-17H2,1-2H3. The lowest BCUT2D eigenvalue weighted by atomic mass is 10.1. The molecule has 2 nitrogen and oxygen atoms in total. The Labute approximate surface area is 135 Å². The third kappa shape index (κ3) is 4.86. The van der Waals surface area contributed by atoms with Gasteiger partial charge in [0.25, 0.3) is 0 Å². The van der Waals surface area contributed by atoms with Crippen LogP contribution < -0.4 is 0 Å². The molecule has 0 N–H and O–H groups in total. The minimum atomic E-state index is 1.13. The molecule has 0 amide bonds. The summed E-state index contributed by atoms with van der Waals surface area (Å²) >= 11 is 0. The summed E-state index contributed by atoms with van der Waals surface area (Å²) in [6.45, 7) is 5.68. The van der Waals surface area contributed by atoms with Crippen LogP contribution in [-0.4, -0.2) is 9.55 Å². The van der Waals surface area contributed by atoms with Crippen molar-refractivity contribution in [2.24, 2.45) is 0 Å². The second-order valence-electron chi connectivity index (χ2n) is 6.39. The molecular weight excluding hydrogens is 268 g/mol. The van der Waals surface area contributed by atoms with Crippen molar-refractivity contribution in [2.45, 2.75) is 84.6 Å². The number of benzene rings is 1. The van der Waals surface area contributed by atoms with Crippen LogP contribution in [0.15, 0.2) is 24.3 Å². The minimum Gasteiger partial charge on any atom is -0.328 e. The largest absolute Gasteiger partial charge is 0.328 e. The van der Waals surface area contributed by atoms with Crippen molar-refractivity contribution in [3.63, 3.8) is 0 Å². The number of rotatable bonds is 11. The van der Waals surface area contributed by atoms with Gasteiger partial charge >= 0.3 is 0 Å². The van der Waals surface area contributed by atoms with Gasteiger partial charge in [-0.3, -0.25) is 0 Å². The van der Waals surface area contributed by atoms with Crippen molar-refractivity contribution in [1.29, 1.82) is 0 Å². The SMILES string of the molecule is CCCCCCCn1c(CCCCCC)nc2ccccc21. The molecule has 2 aromatic rings. The monoisotopic (exact) mass is 300 g/mol. The Kier molecular flexibility index (Phi) is 7.48. The van der Waals surface area contributed by atoms with Crippen LogP contribution in [0.4, 0.5) is 0 Å². The maximum absolute atomic E-state index is 4.89. The molecule has 0 fully saturated rings. The van der Waals surface area contributed by atoms with Crippen LogP contribution in [0.2, 0.25) is 0 Å². The number of nitrogens with zero attached hydrogens (tertiary/aromatic N) is 2. The Hall–Kier alpha value is -1.31. The van der Waals surface area contributed by atoms with Crippen molar-refractivity contribution >= 4 is 11.0 Å². The first kappa shape index (κ1) is 17.1. The molecule has 0 radical (unpaired) electrons. The highest BCUT2D eigenvalue weighted by atomic mass is 15.1. The van der Waals surface area contributed by atoms with Crippen molar-refractivity contribution < 1.29 is 0 Å². The van der Waals surface area contributed by atoms with Gasteiger partial charge in [-0.2, -0.15) is 0 Å². The first-order chi connectivity index (χ1) is 10.9. The fourth-order valence-electron chi connectivity index (χ4n) is 3.15. The molecule has 1 aromatic carbocycles. The second kappa shape index (κ2) is 9.66. The second-order valence-corrected chi connectivity index (χ2v) is 6.39. The molecule has 1 heterocycles. The van der Waals surface area contributed by atoms with Crippen LogP contribution in [0.1, 0.15) is 77.5 Å². The normalized spacial score (nSPS) is 11.4. The molecule has 0 saturated carbocycles. The fraction of sp³-hybridized carbons (Fsp3) is 0.650. The van der Waals surface area contributed by atoms with E-state index in [-0.39, 0.29) is 0 Å². The number of unbranched alkanes of at least 4 members (excludes halogenated alkanes) is 7. The van der Waals surface area contributed by atoms with Crippen molar-refractivity contribution in [2.75, 3.05) is 0 Å². The summed E-state index contributed by atoms with van der Waals surface area (Å²) in [7, 11) is 0. The van der Waals surface area contributed by atoms with Crippen LogP contribution >= 0.6 is 0 Å². The van der Waals surface area contributed by atoms with E-state index in [4.69, 9.17) is 4.98 Å². The molecule has 2 rings (SSSR count). The first-order valence-electron chi connectivity index (χ1n) is 9.31. The number of hydrogen-bond acceptors (Lipinski definition) is 1. The smallest absolute Gasteiger partial charge is 0.109 e. The molecule has 0 saturated heterocycles. The zero-order valence-corrected chi connectivity index (χ0v) is 14.5. The van der Waals surface area contributed by atoms with E-state index >= 15 is 0 Å². The van der Waals surface area contributed by atoms with Gasteiger partial charge < -0.3 is 4.57 Å². The summed E-state index contributed by atoms with van der Waals surface area (Å²) in [5.74, 6) is 1.30. The van der Waals surface area contributed by atoms with Gasteiger partial charge in [0.05, 0.1) is 11.0 Å². The average Bonchev–Trinajstić information content (AvgIpc) is 2.89. The van der Waals surface area contributed by atoms with Gasteiger partial charge in [0.2, 0.25) is 0 Å². The van der Waals surface area contributed by atoms with E-state index in [2.05, 4.69) is 42.7 Å². The Morgan fingerprint density at radius 2 is 1.50 bits per heavy atom. The van der Waals surface area contributed by atoms with E-state index in [1.54, 1.807) is 0 Å². The average molecular weight is 300 g/mol. The van der Waals surface area contributed by atoms with Gasteiger partial charge in [-0.05, 0) is 25.0 Å². The van der Waals surface area contributed by atoms with E-state index in [0.717, 1.165) is 13.0 Å². The lowest BCUT2D eigenvalue weighted by Crippen LogP contribution is -2.04. The van der Waals surface area contributed by atoms with Crippen molar-refractivity contribution in [1.82, 2.24) is 9.55 Å². The van der Waals surface area contributed by atoms with Crippen molar-refractivity contribution in [3.05, 3.63) is 30.1 Å². The number of aromatic nitrogens is 2. The molecule has 0 atom stereocenters. The highest BCUT2D eigenvalue weighted by Gasteiger charge is 2.09. The van der Waals surface area contributed by atoms with Crippen LogP contribution in [0.5, 0.6) is 0 Å². The lowest BCUT2D eigenvalue weighted by molar-refractivity contribution is 0.553. The molecule has 0 aliphatic rings. The number of hydrogen-bond donors (Lipinski definition) is 0. The predicted molar refractivity (Wildman–Crippen MR) is 96.3 cm³/mol. The van der Waals surface area contributed by atoms with Crippen LogP contribution in [0.25, 0.3) is 11.0 Å². The number of fused-ring (bicyclic) bond motifs is 1. The maximum Gasteiger partial charge on any atom is 0.109 e. The molecule has 0 unspecified atom stereocenters. The summed E-state index contributed by atoms with van der Waals surface area (Å²) < 4.78 is 2.48. The Bertz CT molecular complexity index is 542. The molecule has 0 aliphatic heterocycles. The first-order valence-corrected chi connectivity index (χ1v) is 9.31. The quantitative estimate of drug-likeness (QED) is 0.456. The highest BCUT2D eigenvalue weighted by molar-refractivity contribution is 5.75. The zero-order valence-electron chi connectivity index (χ0n) is 14.5. The highest BCUT2D eigenvalue weighted by Crippen LogP contribution is 2.19. The van der Waals surface area contributed by atoms with E-state index in [1.165, 1.54) is 74.6 Å². The molecule has 122 valence electrons. The fourth-order valence-corrected chi connectivity index (χ4v) is 3.15. The Morgan fingerprint density at radius 1 is 0.818 bits per heavy atom. The van der Waals surface area contributed by atoms with Gasteiger partial charge in [0.1, 0.15) is 5.82 Å². The summed E-state index contributed by atoms with van der Waals surface area (Å²) in [6, 6.07) is 8.61. The van der Waals surface area contributed by atoms with Gasteiger partial charge in [0, 0.05) is 13.0 Å². The molecule has 2 heteroatoms. The van der Waals surface area contributed by atoms with Crippen molar-refractivity contribution in [3.8, 4) is 0 Å². The lowest BCUT2D eigenvalue weighted by Gasteiger charge is -2.09. The molecule has 1 aromatic heterocycles. The molecule has 22 heavy (non-hydrogen) atoms. The molecule has 0 spiro atoms. The van der Waals surface area contributed by atoms with Crippen LogP contribution in [0.3, 0.4) is 0 Å². The van der Waals surface area contributed by atoms with E-state index < -0.39 is 0 Å². The molecular formula is C20H32N2. The third-order valence-electron chi connectivity index (χ3n) is 4.47. The Morgan fingerprint density at radius 3 is 2.27 bits per heavy atom. The number of imidazole rings is 1. The van der Waals surface area contributed by atoms with E-state index in [0.29, 0.717) is 0 Å². The zero-order chi connectivity index (χ0) is 15.6. The summed E-state index contributed by atoms with van der Waals surface area (Å²) in [6.07, 6.45) is 13.1. The Balaban J connectivity index is 2.00. The summed E-state index contributed by atoms with van der Waals surface area (Å²) in [5, 5.41) is 0. The summed E-state index contributed by atoms with van der Waals surface area (Å²) in [4.78, 5) is 4.89. The topological polar surface area (TPSA) is 17.8 Å². The van der Waals surface area contributed by atoms with Gasteiger partial charge in [-0.25, -0.2) is 4.98 Å². The summed E-state index contributed by atoms with van der Waals surface area (Å²) in [5.41, 5.74) is 2.49. The predicted octanol–water partition coefficient (Wildman–Crippen LogP) is 6.13. The van der Waals surface area contributed by atoms with Crippen LogP contribution in [0, 0.1) is 0 Å². The van der Waals surface area contributed by atoms with Gasteiger partial charge in [0.15, 0.2) is 0 Å².